The Labute approximate surface area is 175 Å². The molecule has 0 bridgehead atoms. The number of hydrogen-bond acceptors (Lipinski definition) is 5. The number of phenols is 1. The number of amides is 1. The Morgan fingerprint density at radius 2 is 1.71 bits per heavy atom. The van der Waals surface area contributed by atoms with Crippen LogP contribution in [0.15, 0.2) is 75.9 Å². The lowest BCUT2D eigenvalue weighted by Crippen LogP contribution is -2.29. The summed E-state index contributed by atoms with van der Waals surface area (Å²) in [5.74, 6) is -0.474. The van der Waals surface area contributed by atoms with Gasteiger partial charge in [0.2, 0.25) is 5.76 Å². The monoisotopic (exact) mass is 417 g/mol. The quantitative estimate of drug-likeness (QED) is 0.535. The summed E-state index contributed by atoms with van der Waals surface area (Å²) in [7, 11) is 1.54. The van der Waals surface area contributed by atoms with Gasteiger partial charge in [-0.25, -0.2) is 4.39 Å². The van der Waals surface area contributed by atoms with Gasteiger partial charge in [-0.2, -0.15) is 0 Å². The predicted octanol–water partition coefficient (Wildman–Crippen LogP) is 4.40. The number of fused-ring (bicyclic) bond motifs is 2. The first-order chi connectivity index (χ1) is 15.0. The van der Waals surface area contributed by atoms with E-state index < -0.39 is 23.2 Å². The molecule has 6 nitrogen and oxygen atoms in total. The minimum Gasteiger partial charge on any atom is -0.508 e. The van der Waals surface area contributed by atoms with Crippen molar-refractivity contribution in [3.63, 3.8) is 0 Å². The molecule has 1 atom stereocenters. The van der Waals surface area contributed by atoms with Gasteiger partial charge in [0, 0.05) is 5.69 Å². The van der Waals surface area contributed by atoms with Crippen LogP contribution in [0.5, 0.6) is 11.5 Å². The Morgan fingerprint density at radius 3 is 2.39 bits per heavy atom. The van der Waals surface area contributed by atoms with E-state index in [0.29, 0.717) is 17.0 Å². The Bertz CT molecular complexity index is 1380. The van der Waals surface area contributed by atoms with Gasteiger partial charge in [-0.3, -0.25) is 14.5 Å². The zero-order valence-corrected chi connectivity index (χ0v) is 16.3. The van der Waals surface area contributed by atoms with E-state index in [0.717, 1.165) is 6.07 Å². The number of ether oxygens (including phenoxy) is 1. The lowest BCUT2D eigenvalue weighted by atomic mass is 9.98. The molecule has 0 fully saturated rings. The summed E-state index contributed by atoms with van der Waals surface area (Å²) in [6, 6.07) is 15.9. The fourth-order valence-electron chi connectivity index (χ4n) is 3.93. The van der Waals surface area contributed by atoms with Crippen molar-refractivity contribution in [2.75, 3.05) is 12.0 Å². The molecule has 5 rings (SSSR count). The van der Waals surface area contributed by atoms with Gasteiger partial charge in [0.15, 0.2) is 5.43 Å². The van der Waals surface area contributed by atoms with E-state index in [4.69, 9.17) is 9.15 Å². The summed E-state index contributed by atoms with van der Waals surface area (Å²) in [6.45, 7) is 0. The Morgan fingerprint density at radius 1 is 1.00 bits per heavy atom. The molecule has 1 aliphatic heterocycles. The molecule has 3 aromatic carbocycles. The smallest absolute Gasteiger partial charge is 0.295 e. The average molecular weight is 417 g/mol. The van der Waals surface area contributed by atoms with Crippen molar-refractivity contribution in [3.05, 3.63) is 99.7 Å². The number of carbonyl (C=O) groups is 1. The highest BCUT2D eigenvalue weighted by Gasteiger charge is 2.43. The molecule has 0 saturated carbocycles. The second-order valence-electron chi connectivity index (χ2n) is 7.18. The minimum absolute atomic E-state index is 0.0527. The molecule has 0 spiro atoms. The van der Waals surface area contributed by atoms with Crippen molar-refractivity contribution in [1.29, 1.82) is 0 Å². The van der Waals surface area contributed by atoms with Crippen LogP contribution in [-0.4, -0.2) is 18.1 Å². The van der Waals surface area contributed by atoms with Gasteiger partial charge in [0.1, 0.15) is 22.9 Å². The number of hydrogen-bond donors (Lipinski definition) is 1. The van der Waals surface area contributed by atoms with Crippen LogP contribution in [0, 0.1) is 5.82 Å². The SMILES string of the molecule is COc1ccc(N2C(=O)c3oc4ccc(F)cc4c(=O)c3C2c2ccc(O)cc2)cc1. The van der Waals surface area contributed by atoms with Crippen molar-refractivity contribution < 1.29 is 23.4 Å². The molecule has 31 heavy (non-hydrogen) atoms. The molecular formula is C24H16FNO5. The zero-order chi connectivity index (χ0) is 21.7. The molecule has 0 aliphatic carbocycles. The Kier molecular flexibility index (Phi) is 4.25. The Balaban J connectivity index is 1.78. The molecule has 1 N–H and O–H groups in total. The van der Waals surface area contributed by atoms with Crippen molar-refractivity contribution in [1.82, 2.24) is 0 Å². The van der Waals surface area contributed by atoms with Gasteiger partial charge in [-0.05, 0) is 60.2 Å². The lowest BCUT2D eigenvalue weighted by molar-refractivity contribution is 0.0971. The van der Waals surface area contributed by atoms with Crippen molar-refractivity contribution >= 4 is 22.6 Å². The second-order valence-corrected chi connectivity index (χ2v) is 7.18. The van der Waals surface area contributed by atoms with E-state index >= 15 is 0 Å². The van der Waals surface area contributed by atoms with E-state index in [1.165, 1.54) is 29.2 Å². The third kappa shape index (κ3) is 2.93. The molecule has 1 aromatic heterocycles. The number of benzene rings is 3. The predicted molar refractivity (Wildman–Crippen MR) is 112 cm³/mol. The standard InChI is InChI=1S/C24H16FNO5/c1-30-17-9-5-15(6-10-17)26-21(13-2-7-16(27)8-3-13)20-22(28)18-12-14(25)4-11-19(18)31-23(20)24(26)29/h2-12,21,27H,1H3. The number of aromatic hydroxyl groups is 1. The minimum atomic E-state index is -0.805. The number of carbonyl (C=O) groups excluding carboxylic acids is 1. The van der Waals surface area contributed by atoms with Crippen LogP contribution in [0.1, 0.15) is 27.7 Å². The van der Waals surface area contributed by atoms with Gasteiger partial charge in [0.05, 0.1) is 24.1 Å². The summed E-state index contributed by atoms with van der Waals surface area (Å²) in [4.78, 5) is 28.2. The molecule has 1 amide bonds. The number of methoxy groups -OCH3 is 1. The van der Waals surface area contributed by atoms with Gasteiger partial charge in [0.25, 0.3) is 5.91 Å². The van der Waals surface area contributed by atoms with Crippen LogP contribution in [0.2, 0.25) is 0 Å². The molecule has 2 heterocycles. The van der Waals surface area contributed by atoms with E-state index in [9.17, 15) is 19.1 Å². The second kappa shape index (κ2) is 6.98. The van der Waals surface area contributed by atoms with Crippen LogP contribution in [0.4, 0.5) is 10.1 Å². The summed E-state index contributed by atoms with van der Waals surface area (Å²) < 4.78 is 24.8. The summed E-state index contributed by atoms with van der Waals surface area (Å²) in [6.07, 6.45) is 0. The highest BCUT2D eigenvalue weighted by atomic mass is 19.1. The topological polar surface area (TPSA) is 80.0 Å². The number of rotatable bonds is 3. The maximum absolute atomic E-state index is 13.8. The van der Waals surface area contributed by atoms with Crippen molar-refractivity contribution in [3.8, 4) is 11.5 Å². The molecule has 1 unspecified atom stereocenters. The summed E-state index contributed by atoms with van der Waals surface area (Å²) in [5.41, 5.74) is 0.927. The first-order valence-electron chi connectivity index (χ1n) is 9.50. The van der Waals surface area contributed by atoms with Gasteiger partial charge >= 0.3 is 0 Å². The first-order valence-corrected chi connectivity index (χ1v) is 9.50. The van der Waals surface area contributed by atoms with Crippen LogP contribution >= 0.6 is 0 Å². The van der Waals surface area contributed by atoms with Crippen LogP contribution in [0.3, 0.4) is 0 Å². The van der Waals surface area contributed by atoms with E-state index in [2.05, 4.69) is 0 Å². The number of phenolic OH excluding ortho intramolecular Hbond substituents is 1. The number of nitrogens with zero attached hydrogens (tertiary/aromatic N) is 1. The molecule has 4 aromatic rings. The summed E-state index contributed by atoms with van der Waals surface area (Å²) in [5, 5.41) is 9.76. The lowest BCUT2D eigenvalue weighted by Gasteiger charge is -2.25. The normalized spacial score (nSPS) is 15.4. The molecular weight excluding hydrogens is 401 g/mol. The molecule has 154 valence electrons. The molecule has 0 saturated heterocycles. The average Bonchev–Trinajstić information content (AvgIpc) is 3.07. The largest absolute Gasteiger partial charge is 0.508 e. The molecule has 1 aliphatic rings. The van der Waals surface area contributed by atoms with Crippen molar-refractivity contribution in [2.24, 2.45) is 0 Å². The van der Waals surface area contributed by atoms with Gasteiger partial charge in [-0.1, -0.05) is 12.1 Å². The fraction of sp³-hybridized carbons (Fsp3) is 0.0833. The number of anilines is 1. The highest BCUT2D eigenvalue weighted by Crippen LogP contribution is 2.41. The van der Waals surface area contributed by atoms with Gasteiger partial charge < -0.3 is 14.3 Å². The summed E-state index contributed by atoms with van der Waals surface area (Å²) >= 11 is 0. The molecule has 7 heteroatoms. The zero-order valence-electron chi connectivity index (χ0n) is 16.3. The maximum Gasteiger partial charge on any atom is 0.295 e. The number of halogens is 1. The van der Waals surface area contributed by atoms with Crippen LogP contribution in [-0.2, 0) is 0 Å². The van der Waals surface area contributed by atoms with Gasteiger partial charge in [-0.15, -0.1) is 0 Å². The van der Waals surface area contributed by atoms with Crippen LogP contribution < -0.4 is 15.1 Å². The first kappa shape index (κ1) is 18.9. The van der Waals surface area contributed by atoms with E-state index in [1.807, 2.05) is 0 Å². The molecule has 0 radical (unpaired) electrons. The fourth-order valence-corrected chi connectivity index (χ4v) is 3.93. The Hall–Kier alpha value is -4.13. The third-order valence-corrected chi connectivity index (χ3v) is 5.39. The maximum atomic E-state index is 13.8. The van der Waals surface area contributed by atoms with E-state index in [1.54, 1.807) is 43.5 Å². The van der Waals surface area contributed by atoms with Crippen LogP contribution in [0.25, 0.3) is 11.0 Å². The third-order valence-electron chi connectivity index (χ3n) is 5.39. The van der Waals surface area contributed by atoms with Crippen molar-refractivity contribution in [2.45, 2.75) is 6.04 Å². The van der Waals surface area contributed by atoms with E-state index in [-0.39, 0.29) is 28.0 Å². The highest BCUT2D eigenvalue weighted by molar-refractivity contribution is 6.10.